The van der Waals surface area contributed by atoms with Crippen LogP contribution in [0.1, 0.15) is 5.69 Å². The fourth-order valence-corrected chi connectivity index (χ4v) is 1.76. The van der Waals surface area contributed by atoms with Gasteiger partial charge in [-0.15, -0.1) is 0 Å². The zero-order valence-electron chi connectivity index (χ0n) is 9.98. The third-order valence-electron chi connectivity index (χ3n) is 2.70. The summed E-state index contributed by atoms with van der Waals surface area (Å²) in [4.78, 5) is 17.8. The number of aryl methyl sites for hydroxylation is 1. The molecule has 0 atom stereocenters. The van der Waals surface area contributed by atoms with Gasteiger partial charge in [0, 0.05) is 30.7 Å². The predicted octanol–water partition coefficient (Wildman–Crippen LogP) is 0.661. The van der Waals surface area contributed by atoms with E-state index in [4.69, 9.17) is 4.74 Å². The highest BCUT2D eigenvalue weighted by molar-refractivity contribution is 5.80. The van der Waals surface area contributed by atoms with Crippen LogP contribution in [-0.2, 0) is 9.53 Å². The quantitative estimate of drug-likeness (QED) is 0.836. The number of ether oxygens (including phenoxy) is 1. The first-order chi connectivity index (χ1) is 8.25. The van der Waals surface area contributed by atoms with E-state index in [9.17, 15) is 4.79 Å². The van der Waals surface area contributed by atoms with Gasteiger partial charge in [0.1, 0.15) is 0 Å². The molecule has 1 fully saturated rings. The van der Waals surface area contributed by atoms with Crippen molar-refractivity contribution in [2.75, 3.05) is 38.2 Å². The van der Waals surface area contributed by atoms with Crippen LogP contribution in [0.4, 0.5) is 5.69 Å². The lowest BCUT2D eigenvalue weighted by molar-refractivity contribution is -0.133. The van der Waals surface area contributed by atoms with Crippen LogP contribution < -0.4 is 5.32 Å². The molecule has 0 unspecified atom stereocenters. The number of morpholine rings is 1. The van der Waals surface area contributed by atoms with Gasteiger partial charge in [0.05, 0.1) is 19.8 Å². The fraction of sp³-hybridized carbons (Fsp3) is 0.500. The molecule has 1 amide bonds. The first-order valence-electron chi connectivity index (χ1n) is 5.78. The third-order valence-corrected chi connectivity index (χ3v) is 2.70. The minimum atomic E-state index is 0.114. The molecule has 0 saturated carbocycles. The van der Waals surface area contributed by atoms with Crippen molar-refractivity contribution in [3.8, 4) is 0 Å². The number of nitrogens with one attached hydrogen (secondary N) is 1. The standard InChI is InChI=1S/C12H17N3O2/c1-10-8-11(2-3-13-10)14-9-12(16)15-4-6-17-7-5-15/h2-3,8H,4-7,9H2,1H3,(H,13,14). The first kappa shape index (κ1) is 11.9. The van der Waals surface area contributed by atoms with Crippen LogP contribution in [0.3, 0.4) is 0 Å². The maximum absolute atomic E-state index is 11.8. The molecule has 2 rings (SSSR count). The molecule has 0 spiro atoms. The Bertz CT molecular complexity index is 389. The van der Waals surface area contributed by atoms with Crippen LogP contribution in [-0.4, -0.2) is 48.6 Å². The minimum Gasteiger partial charge on any atom is -0.378 e. The van der Waals surface area contributed by atoms with Gasteiger partial charge in [0.15, 0.2) is 0 Å². The van der Waals surface area contributed by atoms with Crippen LogP contribution >= 0.6 is 0 Å². The first-order valence-corrected chi connectivity index (χ1v) is 5.78. The molecule has 0 aromatic carbocycles. The highest BCUT2D eigenvalue weighted by Crippen LogP contribution is 2.07. The second-order valence-corrected chi connectivity index (χ2v) is 4.03. The molecule has 17 heavy (non-hydrogen) atoms. The van der Waals surface area contributed by atoms with Gasteiger partial charge in [-0.1, -0.05) is 0 Å². The van der Waals surface area contributed by atoms with E-state index in [1.807, 2.05) is 24.0 Å². The van der Waals surface area contributed by atoms with E-state index in [0.29, 0.717) is 32.8 Å². The Kier molecular flexibility index (Phi) is 3.93. The largest absolute Gasteiger partial charge is 0.378 e. The van der Waals surface area contributed by atoms with Gasteiger partial charge in [0.2, 0.25) is 5.91 Å². The Morgan fingerprint density at radius 1 is 1.53 bits per heavy atom. The lowest BCUT2D eigenvalue weighted by atomic mass is 10.3. The van der Waals surface area contributed by atoms with Gasteiger partial charge in [-0.25, -0.2) is 0 Å². The van der Waals surface area contributed by atoms with Crippen molar-refractivity contribution in [1.29, 1.82) is 0 Å². The molecule has 0 aliphatic carbocycles. The Morgan fingerprint density at radius 3 is 3.00 bits per heavy atom. The molecule has 2 heterocycles. The summed E-state index contributed by atoms with van der Waals surface area (Å²) in [5.74, 6) is 0.114. The molecular weight excluding hydrogens is 218 g/mol. The van der Waals surface area contributed by atoms with E-state index in [1.54, 1.807) is 6.20 Å². The average Bonchev–Trinajstić information content (AvgIpc) is 2.37. The van der Waals surface area contributed by atoms with E-state index in [0.717, 1.165) is 11.4 Å². The molecule has 5 heteroatoms. The molecule has 92 valence electrons. The highest BCUT2D eigenvalue weighted by Gasteiger charge is 2.15. The smallest absolute Gasteiger partial charge is 0.242 e. The van der Waals surface area contributed by atoms with E-state index in [1.165, 1.54) is 0 Å². The number of aromatic nitrogens is 1. The Hall–Kier alpha value is -1.62. The van der Waals surface area contributed by atoms with Crippen molar-refractivity contribution in [2.45, 2.75) is 6.92 Å². The van der Waals surface area contributed by atoms with Crippen LogP contribution in [0.2, 0.25) is 0 Å². The van der Waals surface area contributed by atoms with Crippen LogP contribution in [0.5, 0.6) is 0 Å². The van der Waals surface area contributed by atoms with Crippen molar-refractivity contribution in [1.82, 2.24) is 9.88 Å². The lowest BCUT2D eigenvalue weighted by Crippen LogP contribution is -2.43. The number of rotatable bonds is 3. The van der Waals surface area contributed by atoms with Gasteiger partial charge >= 0.3 is 0 Å². The summed E-state index contributed by atoms with van der Waals surface area (Å²) in [6, 6.07) is 3.78. The summed E-state index contributed by atoms with van der Waals surface area (Å²) >= 11 is 0. The number of carbonyl (C=O) groups excluding carboxylic acids is 1. The number of nitrogens with zero attached hydrogens (tertiary/aromatic N) is 2. The number of hydrogen-bond acceptors (Lipinski definition) is 4. The number of carbonyl (C=O) groups is 1. The fourth-order valence-electron chi connectivity index (χ4n) is 1.76. The Morgan fingerprint density at radius 2 is 2.29 bits per heavy atom. The van der Waals surface area contributed by atoms with Gasteiger partial charge in [-0.05, 0) is 19.1 Å². The molecule has 1 aromatic heterocycles. The molecule has 0 radical (unpaired) electrons. The van der Waals surface area contributed by atoms with Crippen molar-refractivity contribution < 1.29 is 9.53 Å². The van der Waals surface area contributed by atoms with Crippen molar-refractivity contribution in [3.05, 3.63) is 24.0 Å². The monoisotopic (exact) mass is 235 g/mol. The van der Waals surface area contributed by atoms with E-state index < -0.39 is 0 Å². The maximum Gasteiger partial charge on any atom is 0.242 e. The number of anilines is 1. The van der Waals surface area contributed by atoms with Gasteiger partial charge < -0.3 is 15.0 Å². The van der Waals surface area contributed by atoms with E-state index in [2.05, 4.69) is 10.3 Å². The maximum atomic E-state index is 11.8. The molecule has 1 saturated heterocycles. The normalized spacial score (nSPS) is 15.7. The Balaban J connectivity index is 1.83. The molecule has 1 N–H and O–H groups in total. The molecule has 5 nitrogen and oxygen atoms in total. The summed E-state index contributed by atoms with van der Waals surface area (Å²) in [6.07, 6.45) is 1.73. The van der Waals surface area contributed by atoms with Crippen molar-refractivity contribution in [2.24, 2.45) is 0 Å². The number of pyridine rings is 1. The topological polar surface area (TPSA) is 54.5 Å². The summed E-state index contributed by atoms with van der Waals surface area (Å²) in [6.45, 7) is 4.91. The van der Waals surface area contributed by atoms with Gasteiger partial charge in [-0.2, -0.15) is 0 Å². The Labute approximate surface area is 101 Å². The van der Waals surface area contributed by atoms with Crippen LogP contribution in [0, 0.1) is 6.92 Å². The van der Waals surface area contributed by atoms with Crippen molar-refractivity contribution >= 4 is 11.6 Å². The molecule has 1 aromatic rings. The van der Waals surface area contributed by atoms with Gasteiger partial charge in [0.25, 0.3) is 0 Å². The van der Waals surface area contributed by atoms with Crippen LogP contribution in [0.25, 0.3) is 0 Å². The molecule has 0 bridgehead atoms. The van der Waals surface area contributed by atoms with E-state index >= 15 is 0 Å². The SMILES string of the molecule is Cc1cc(NCC(=O)N2CCOCC2)ccn1. The lowest BCUT2D eigenvalue weighted by Gasteiger charge is -2.27. The molecule has 1 aliphatic rings. The molecule has 1 aliphatic heterocycles. The predicted molar refractivity (Wildman–Crippen MR) is 64.9 cm³/mol. The number of hydrogen-bond donors (Lipinski definition) is 1. The summed E-state index contributed by atoms with van der Waals surface area (Å²) < 4.78 is 5.21. The zero-order valence-corrected chi connectivity index (χ0v) is 9.98. The highest BCUT2D eigenvalue weighted by atomic mass is 16.5. The average molecular weight is 235 g/mol. The summed E-state index contributed by atoms with van der Waals surface area (Å²) in [5, 5.41) is 3.11. The van der Waals surface area contributed by atoms with E-state index in [-0.39, 0.29) is 5.91 Å². The molecular formula is C12H17N3O2. The number of amides is 1. The second kappa shape index (κ2) is 5.63. The minimum absolute atomic E-state index is 0.114. The second-order valence-electron chi connectivity index (χ2n) is 4.03. The third kappa shape index (κ3) is 3.42. The van der Waals surface area contributed by atoms with Gasteiger partial charge in [-0.3, -0.25) is 9.78 Å². The van der Waals surface area contributed by atoms with Crippen LogP contribution in [0.15, 0.2) is 18.3 Å². The summed E-state index contributed by atoms with van der Waals surface area (Å²) in [7, 11) is 0. The van der Waals surface area contributed by atoms with Crippen molar-refractivity contribution in [3.63, 3.8) is 0 Å². The summed E-state index contributed by atoms with van der Waals surface area (Å²) in [5.41, 5.74) is 1.87. The zero-order chi connectivity index (χ0) is 12.1.